The molecule has 6 heteroatoms. The number of carboxylic acids is 1. The van der Waals surface area contributed by atoms with Crippen LogP contribution in [0.25, 0.3) is 0 Å². The third kappa shape index (κ3) is 3.01. The summed E-state index contributed by atoms with van der Waals surface area (Å²) < 4.78 is 0. The SMILES string of the molecule is CC(Nc1ccc(N)cc1C(=O)O)C(=O)N1CCCC1. The van der Waals surface area contributed by atoms with E-state index >= 15 is 0 Å². The van der Waals surface area contributed by atoms with Crippen molar-refractivity contribution in [3.05, 3.63) is 23.8 Å². The van der Waals surface area contributed by atoms with Crippen LogP contribution in [0.4, 0.5) is 11.4 Å². The lowest BCUT2D eigenvalue weighted by Gasteiger charge is -2.22. The molecule has 1 atom stereocenters. The van der Waals surface area contributed by atoms with Crippen LogP contribution < -0.4 is 11.1 Å². The summed E-state index contributed by atoms with van der Waals surface area (Å²) in [7, 11) is 0. The first-order valence-electron chi connectivity index (χ1n) is 6.67. The minimum Gasteiger partial charge on any atom is -0.478 e. The maximum Gasteiger partial charge on any atom is 0.337 e. The maximum atomic E-state index is 12.2. The molecule has 2 rings (SSSR count). The maximum absolute atomic E-state index is 12.2. The zero-order valence-corrected chi connectivity index (χ0v) is 11.4. The molecule has 1 heterocycles. The molecular weight excluding hydrogens is 258 g/mol. The van der Waals surface area contributed by atoms with E-state index < -0.39 is 12.0 Å². The van der Waals surface area contributed by atoms with Crippen molar-refractivity contribution in [2.24, 2.45) is 0 Å². The number of nitrogens with zero attached hydrogens (tertiary/aromatic N) is 1. The van der Waals surface area contributed by atoms with Crippen molar-refractivity contribution in [3.63, 3.8) is 0 Å². The fourth-order valence-electron chi connectivity index (χ4n) is 2.37. The van der Waals surface area contributed by atoms with E-state index in [1.54, 1.807) is 24.0 Å². The second kappa shape index (κ2) is 5.81. The van der Waals surface area contributed by atoms with Gasteiger partial charge in [-0.1, -0.05) is 0 Å². The lowest BCUT2D eigenvalue weighted by Crippen LogP contribution is -2.39. The average Bonchev–Trinajstić information content (AvgIpc) is 2.93. The molecule has 0 radical (unpaired) electrons. The Morgan fingerprint density at radius 3 is 2.60 bits per heavy atom. The Bertz CT molecular complexity index is 524. The molecule has 1 unspecified atom stereocenters. The van der Waals surface area contributed by atoms with Gasteiger partial charge in [-0.05, 0) is 38.0 Å². The minimum atomic E-state index is -1.07. The van der Waals surface area contributed by atoms with Crippen LogP contribution in [0, 0.1) is 0 Å². The van der Waals surface area contributed by atoms with E-state index in [1.807, 2.05) is 0 Å². The largest absolute Gasteiger partial charge is 0.478 e. The van der Waals surface area contributed by atoms with Crippen molar-refractivity contribution >= 4 is 23.3 Å². The molecule has 0 aliphatic carbocycles. The number of nitrogen functional groups attached to an aromatic ring is 1. The smallest absolute Gasteiger partial charge is 0.337 e. The lowest BCUT2D eigenvalue weighted by atomic mass is 10.1. The Morgan fingerprint density at radius 2 is 2.00 bits per heavy atom. The van der Waals surface area contributed by atoms with Crippen molar-refractivity contribution in [3.8, 4) is 0 Å². The van der Waals surface area contributed by atoms with Gasteiger partial charge >= 0.3 is 5.97 Å². The molecule has 1 amide bonds. The van der Waals surface area contributed by atoms with Crippen LogP contribution in [-0.2, 0) is 4.79 Å². The number of nitrogens with one attached hydrogen (secondary N) is 1. The highest BCUT2D eigenvalue weighted by Crippen LogP contribution is 2.20. The molecule has 108 valence electrons. The van der Waals surface area contributed by atoms with Crippen LogP contribution in [0.15, 0.2) is 18.2 Å². The Kier molecular flexibility index (Phi) is 4.12. The van der Waals surface area contributed by atoms with Gasteiger partial charge in [0, 0.05) is 24.5 Å². The fourth-order valence-corrected chi connectivity index (χ4v) is 2.37. The second-order valence-corrected chi connectivity index (χ2v) is 5.01. The molecule has 1 aliphatic heterocycles. The van der Waals surface area contributed by atoms with Gasteiger partial charge < -0.3 is 21.1 Å². The minimum absolute atomic E-state index is 0.00402. The molecule has 20 heavy (non-hydrogen) atoms. The number of hydrogen-bond acceptors (Lipinski definition) is 4. The fraction of sp³-hybridized carbons (Fsp3) is 0.429. The number of carbonyl (C=O) groups excluding carboxylic acids is 1. The molecule has 0 saturated carbocycles. The number of carboxylic acid groups (broad SMARTS) is 1. The zero-order chi connectivity index (χ0) is 14.7. The molecule has 0 aromatic heterocycles. The average molecular weight is 277 g/mol. The Morgan fingerprint density at radius 1 is 1.35 bits per heavy atom. The first-order valence-corrected chi connectivity index (χ1v) is 6.67. The molecule has 0 bridgehead atoms. The summed E-state index contributed by atoms with van der Waals surface area (Å²) in [4.78, 5) is 25.2. The van der Waals surface area contributed by atoms with Gasteiger partial charge in [0.05, 0.1) is 5.56 Å². The third-order valence-electron chi connectivity index (χ3n) is 3.43. The predicted molar refractivity (Wildman–Crippen MR) is 76.7 cm³/mol. The van der Waals surface area contributed by atoms with Crippen LogP contribution in [0.2, 0.25) is 0 Å². The van der Waals surface area contributed by atoms with Crippen molar-refractivity contribution in [2.75, 3.05) is 24.1 Å². The van der Waals surface area contributed by atoms with Crippen LogP contribution in [-0.4, -0.2) is 41.0 Å². The molecule has 6 nitrogen and oxygen atoms in total. The zero-order valence-electron chi connectivity index (χ0n) is 11.4. The van der Waals surface area contributed by atoms with Crippen molar-refractivity contribution < 1.29 is 14.7 Å². The van der Waals surface area contributed by atoms with E-state index in [2.05, 4.69) is 5.32 Å². The Hall–Kier alpha value is -2.24. The van der Waals surface area contributed by atoms with Gasteiger partial charge in [-0.15, -0.1) is 0 Å². The quantitative estimate of drug-likeness (QED) is 0.723. The molecule has 4 N–H and O–H groups in total. The standard InChI is InChI=1S/C14H19N3O3/c1-9(13(18)17-6-2-3-7-17)16-12-5-4-10(15)8-11(12)14(19)20/h4-5,8-9,16H,2-3,6-7,15H2,1H3,(H,19,20). The number of anilines is 2. The highest BCUT2D eigenvalue weighted by molar-refractivity contribution is 5.96. The van der Waals surface area contributed by atoms with Gasteiger partial charge in [-0.2, -0.15) is 0 Å². The predicted octanol–water partition coefficient (Wildman–Crippen LogP) is 1.39. The molecule has 1 fully saturated rings. The van der Waals surface area contributed by atoms with Gasteiger partial charge in [-0.3, -0.25) is 4.79 Å². The summed E-state index contributed by atoms with van der Waals surface area (Å²) in [6.45, 7) is 3.29. The third-order valence-corrected chi connectivity index (χ3v) is 3.43. The van der Waals surface area contributed by atoms with Crippen molar-refractivity contribution in [1.29, 1.82) is 0 Å². The van der Waals surface area contributed by atoms with E-state index in [0.717, 1.165) is 25.9 Å². The molecule has 1 aliphatic rings. The first-order chi connectivity index (χ1) is 9.49. The Balaban J connectivity index is 2.12. The molecule has 1 aromatic carbocycles. The van der Waals surface area contributed by atoms with Crippen LogP contribution in [0.1, 0.15) is 30.1 Å². The highest BCUT2D eigenvalue weighted by atomic mass is 16.4. The van der Waals surface area contributed by atoms with Gasteiger partial charge in [0.25, 0.3) is 0 Å². The lowest BCUT2D eigenvalue weighted by molar-refractivity contribution is -0.130. The molecule has 1 aromatic rings. The van der Waals surface area contributed by atoms with Gasteiger partial charge in [0.15, 0.2) is 0 Å². The van der Waals surface area contributed by atoms with Crippen LogP contribution >= 0.6 is 0 Å². The van der Waals surface area contributed by atoms with Crippen LogP contribution in [0.5, 0.6) is 0 Å². The highest BCUT2D eigenvalue weighted by Gasteiger charge is 2.24. The van der Waals surface area contributed by atoms with Gasteiger partial charge in [0.1, 0.15) is 6.04 Å². The summed E-state index contributed by atoms with van der Waals surface area (Å²) in [5.74, 6) is -1.07. The first kappa shape index (κ1) is 14.2. The second-order valence-electron chi connectivity index (χ2n) is 5.01. The summed E-state index contributed by atoms with van der Waals surface area (Å²) >= 11 is 0. The topological polar surface area (TPSA) is 95.7 Å². The monoisotopic (exact) mass is 277 g/mol. The molecule has 0 spiro atoms. The van der Waals surface area contributed by atoms with Crippen molar-refractivity contribution in [1.82, 2.24) is 4.90 Å². The Labute approximate surface area is 117 Å². The summed E-state index contributed by atoms with van der Waals surface area (Å²) in [5.41, 5.74) is 6.45. The van der Waals surface area contributed by atoms with E-state index in [9.17, 15) is 9.59 Å². The number of rotatable bonds is 4. The summed E-state index contributed by atoms with van der Waals surface area (Å²) in [6.07, 6.45) is 2.06. The summed E-state index contributed by atoms with van der Waals surface area (Å²) in [5, 5.41) is 12.1. The number of nitrogens with two attached hydrogens (primary N) is 1. The summed E-state index contributed by atoms with van der Waals surface area (Å²) in [6, 6.07) is 4.13. The molecular formula is C14H19N3O3. The van der Waals surface area contributed by atoms with Crippen molar-refractivity contribution in [2.45, 2.75) is 25.8 Å². The van der Waals surface area contributed by atoms with E-state index in [4.69, 9.17) is 10.8 Å². The van der Waals surface area contributed by atoms with Gasteiger partial charge in [0.2, 0.25) is 5.91 Å². The van der Waals surface area contributed by atoms with E-state index in [0.29, 0.717) is 11.4 Å². The van der Waals surface area contributed by atoms with Gasteiger partial charge in [-0.25, -0.2) is 4.79 Å². The number of amides is 1. The number of hydrogen-bond donors (Lipinski definition) is 3. The number of aromatic carboxylic acids is 1. The van der Waals surface area contributed by atoms with Crippen LogP contribution in [0.3, 0.4) is 0 Å². The number of carbonyl (C=O) groups is 2. The number of benzene rings is 1. The number of likely N-dealkylation sites (tertiary alicyclic amines) is 1. The molecule has 1 saturated heterocycles. The normalized spacial score (nSPS) is 15.9. The van der Waals surface area contributed by atoms with E-state index in [1.165, 1.54) is 6.07 Å². The van der Waals surface area contributed by atoms with E-state index in [-0.39, 0.29) is 11.5 Å².